The molecule has 11 rings (SSSR count). The quantitative estimate of drug-likeness (QED) is 0.182. The van der Waals surface area contributed by atoms with Gasteiger partial charge in [-0.2, -0.15) is 0 Å². The first kappa shape index (κ1) is 29.5. The van der Waals surface area contributed by atoms with Gasteiger partial charge < -0.3 is 13.7 Å². The Hall–Kier alpha value is -7.17. The summed E-state index contributed by atoms with van der Waals surface area (Å²) in [5.41, 5.74) is 11.1. The number of hydrogen-bond donors (Lipinski definition) is 0. The fourth-order valence-corrected chi connectivity index (χ4v) is 7.81. The largest absolute Gasteiger partial charge is 0.456 e. The van der Waals surface area contributed by atoms with E-state index in [0.717, 1.165) is 94.1 Å². The predicted molar refractivity (Wildman–Crippen MR) is 219 cm³/mol. The number of rotatable bonds is 5. The van der Waals surface area contributed by atoms with Gasteiger partial charge >= 0.3 is 0 Å². The Kier molecular flexibility index (Phi) is 6.52. The molecule has 0 bridgehead atoms. The number of anilines is 3. The van der Waals surface area contributed by atoms with E-state index in [1.54, 1.807) is 0 Å². The zero-order valence-corrected chi connectivity index (χ0v) is 28.5. The lowest BCUT2D eigenvalue weighted by molar-refractivity contribution is 0.669. The van der Waals surface area contributed by atoms with Crippen molar-refractivity contribution in [3.8, 4) is 22.4 Å². The van der Waals surface area contributed by atoms with Crippen LogP contribution in [-0.4, -0.2) is 4.98 Å². The highest BCUT2D eigenvalue weighted by Crippen LogP contribution is 2.41. The van der Waals surface area contributed by atoms with Crippen LogP contribution in [0.2, 0.25) is 0 Å². The number of furan rings is 2. The summed E-state index contributed by atoms with van der Waals surface area (Å²) in [5, 5.41) is 9.11. The van der Waals surface area contributed by atoms with Gasteiger partial charge in [-0.1, -0.05) is 91.0 Å². The van der Waals surface area contributed by atoms with E-state index in [4.69, 9.17) is 8.83 Å². The lowest BCUT2D eigenvalue weighted by Crippen LogP contribution is -2.09. The second-order valence-corrected chi connectivity index (χ2v) is 13.6. The molecule has 0 atom stereocenters. The lowest BCUT2D eigenvalue weighted by atomic mass is 10.0. The molecule has 11 aromatic rings. The van der Waals surface area contributed by atoms with E-state index in [-0.39, 0.29) is 0 Å². The highest BCUT2D eigenvalue weighted by molar-refractivity contribution is 6.12. The van der Waals surface area contributed by atoms with E-state index in [1.807, 2.05) is 48.7 Å². The van der Waals surface area contributed by atoms with Gasteiger partial charge in [-0.25, -0.2) is 0 Å². The smallest absolute Gasteiger partial charge is 0.136 e. The number of aromatic nitrogens is 1. The summed E-state index contributed by atoms with van der Waals surface area (Å²) < 4.78 is 12.6. The van der Waals surface area contributed by atoms with Gasteiger partial charge in [0, 0.05) is 50.4 Å². The van der Waals surface area contributed by atoms with E-state index >= 15 is 0 Å². The highest BCUT2D eigenvalue weighted by Gasteiger charge is 2.17. The van der Waals surface area contributed by atoms with Crippen molar-refractivity contribution in [2.24, 2.45) is 0 Å². The molecule has 0 aliphatic heterocycles. The Morgan fingerprint density at radius 1 is 0.340 bits per heavy atom. The fraction of sp³-hybridized carbons (Fsp3) is 0. The zero-order valence-electron chi connectivity index (χ0n) is 28.5. The van der Waals surface area contributed by atoms with Gasteiger partial charge in [-0.3, -0.25) is 4.98 Å². The molecule has 0 aliphatic rings. The first-order valence-corrected chi connectivity index (χ1v) is 17.8. The normalized spacial score (nSPS) is 11.8. The molecule has 0 fully saturated rings. The van der Waals surface area contributed by atoms with E-state index in [9.17, 15) is 0 Å². The number of hydrogen-bond acceptors (Lipinski definition) is 4. The van der Waals surface area contributed by atoms with Crippen molar-refractivity contribution in [1.29, 1.82) is 0 Å². The van der Waals surface area contributed by atoms with Gasteiger partial charge in [0.2, 0.25) is 0 Å². The standard InChI is InChI=1S/C49H30N2O2/c1-3-10-46-41(7-1)43-27-34-18-22-39(25-36(34)29-48(43)52-46)51(38-20-16-32(17-21-38)31-12-14-33(15-13-31)45-9-5-6-24-50-45)40-23-19-35-28-44-42-8-2-4-11-47(42)53-49(44)30-37(35)26-40/h1-30H. The molecule has 0 saturated carbocycles. The second-order valence-electron chi connectivity index (χ2n) is 13.6. The van der Waals surface area contributed by atoms with Crippen molar-refractivity contribution >= 4 is 82.5 Å². The summed E-state index contributed by atoms with van der Waals surface area (Å²) in [7, 11) is 0. The average Bonchev–Trinajstić information content (AvgIpc) is 3.77. The average molecular weight is 679 g/mol. The number of benzene rings is 8. The maximum Gasteiger partial charge on any atom is 0.136 e. The molecule has 0 saturated heterocycles. The molecule has 53 heavy (non-hydrogen) atoms. The molecule has 4 heteroatoms. The van der Waals surface area contributed by atoms with Crippen molar-refractivity contribution in [2.45, 2.75) is 0 Å². The predicted octanol–water partition coefficient (Wildman–Crippen LogP) is 14.0. The third-order valence-corrected chi connectivity index (χ3v) is 10.5. The first-order chi connectivity index (χ1) is 26.2. The first-order valence-electron chi connectivity index (χ1n) is 17.8. The van der Waals surface area contributed by atoms with Gasteiger partial charge in [-0.15, -0.1) is 0 Å². The summed E-state index contributed by atoms with van der Waals surface area (Å²) in [6.45, 7) is 0. The Morgan fingerprint density at radius 3 is 1.38 bits per heavy atom. The highest BCUT2D eigenvalue weighted by atomic mass is 16.3. The van der Waals surface area contributed by atoms with Gasteiger partial charge in [-0.05, 0) is 118 Å². The molecule has 248 valence electrons. The summed E-state index contributed by atoms with van der Waals surface area (Å²) in [6.07, 6.45) is 1.83. The van der Waals surface area contributed by atoms with Crippen molar-refractivity contribution in [3.63, 3.8) is 0 Å². The number of para-hydroxylation sites is 2. The van der Waals surface area contributed by atoms with Gasteiger partial charge in [0.05, 0.1) is 5.69 Å². The Morgan fingerprint density at radius 2 is 0.830 bits per heavy atom. The van der Waals surface area contributed by atoms with E-state index < -0.39 is 0 Å². The molecule has 0 N–H and O–H groups in total. The monoisotopic (exact) mass is 678 g/mol. The third-order valence-electron chi connectivity index (χ3n) is 10.5. The third kappa shape index (κ3) is 4.95. The fourth-order valence-electron chi connectivity index (χ4n) is 7.81. The van der Waals surface area contributed by atoms with Crippen LogP contribution in [0, 0.1) is 0 Å². The molecule has 0 radical (unpaired) electrons. The molecular weight excluding hydrogens is 649 g/mol. The molecule has 0 unspecified atom stereocenters. The van der Waals surface area contributed by atoms with E-state index in [0.29, 0.717) is 0 Å². The molecular formula is C49H30N2O2. The minimum atomic E-state index is 0.890. The van der Waals surface area contributed by atoms with Crippen LogP contribution in [0.15, 0.2) is 191 Å². The summed E-state index contributed by atoms with van der Waals surface area (Å²) in [5.74, 6) is 0. The molecule has 3 aromatic heterocycles. The molecule has 8 aromatic carbocycles. The van der Waals surface area contributed by atoms with Gasteiger partial charge in [0.15, 0.2) is 0 Å². The van der Waals surface area contributed by atoms with Crippen LogP contribution < -0.4 is 4.90 Å². The van der Waals surface area contributed by atoms with Crippen LogP contribution in [-0.2, 0) is 0 Å². The van der Waals surface area contributed by atoms with E-state index in [2.05, 4.69) is 143 Å². The Labute approximate surface area is 304 Å². The molecule has 0 amide bonds. The molecule has 3 heterocycles. The minimum absolute atomic E-state index is 0.890. The Bertz CT molecular complexity index is 3000. The molecule has 0 spiro atoms. The molecule has 4 nitrogen and oxygen atoms in total. The SMILES string of the molecule is c1ccc(-c2ccc(-c3ccc(N(c4ccc5cc6c(cc5c4)oc4ccccc46)c4ccc5cc6c(cc5c4)oc4ccccc46)cc3)cc2)nc1. The van der Waals surface area contributed by atoms with Crippen LogP contribution >= 0.6 is 0 Å². The van der Waals surface area contributed by atoms with Crippen LogP contribution in [0.25, 0.3) is 87.8 Å². The lowest BCUT2D eigenvalue weighted by Gasteiger charge is -2.26. The topological polar surface area (TPSA) is 42.4 Å². The van der Waals surface area contributed by atoms with E-state index in [1.165, 1.54) is 10.8 Å². The van der Waals surface area contributed by atoms with Crippen molar-refractivity contribution in [2.75, 3.05) is 4.90 Å². The van der Waals surface area contributed by atoms with Crippen molar-refractivity contribution < 1.29 is 8.83 Å². The summed E-state index contributed by atoms with van der Waals surface area (Å²) in [6, 6.07) is 62.1. The number of fused-ring (bicyclic) bond motifs is 8. The second kappa shape index (κ2) is 11.7. The Balaban J connectivity index is 1.04. The number of nitrogens with zero attached hydrogens (tertiary/aromatic N) is 2. The van der Waals surface area contributed by atoms with Gasteiger partial charge in [0.25, 0.3) is 0 Å². The van der Waals surface area contributed by atoms with Crippen LogP contribution in [0.4, 0.5) is 17.1 Å². The summed E-state index contributed by atoms with van der Waals surface area (Å²) in [4.78, 5) is 6.84. The minimum Gasteiger partial charge on any atom is -0.456 e. The van der Waals surface area contributed by atoms with Crippen molar-refractivity contribution in [1.82, 2.24) is 4.98 Å². The molecule has 0 aliphatic carbocycles. The van der Waals surface area contributed by atoms with Gasteiger partial charge in [0.1, 0.15) is 22.3 Å². The number of pyridine rings is 1. The van der Waals surface area contributed by atoms with Crippen LogP contribution in [0.5, 0.6) is 0 Å². The maximum atomic E-state index is 6.30. The zero-order chi connectivity index (χ0) is 34.9. The maximum absolute atomic E-state index is 6.30. The van der Waals surface area contributed by atoms with Crippen LogP contribution in [0.1, 0.15) is 0 Å². The van der Waals surface area contributed by atoms with Crippen molar-refractivity contribution in [3.05, 3.63) is 182 Å². The van der Waals surface area contributed by atoms with Crippen LogP contribution in [0.3, 0.4) is 0 Å². The summed E-state index contributed by atoms with van der Waals surface area (Å²) >= 11 is 0.